The predicted octanol–water partition coefficient (Wildman–Crippen LogP) is 5.69. The van der Waals surface area contributed by atoms with E-state index in [1.807, 2.05) is 0 Å². The van der Waals surface area contributed by atoms with Crippen molar-refractivity contribution in [2.45, 2.75) is 52.5 Å². The molecule has 0 radical (unpaired) electrons. The molecule has 0 spiro atoms. The van der Waals surface area contributed by atoms with Gasteiger partial charge < -0.3 is 20.9 Å². The van der Waals surface area contributed by atoms with Crippen molar-refractivity contribution in [2.75, 3.05) is 48.3 Å². The van der Waals surface area contributed by atoms with E-state index in [1.165, 1.54) is 33.4 Å². The molecule has 1 aliphatic heterocycles. The number of benzene rings is 2. The zero-order valence-corrected chi connectivity index (χ0v) is 23.9. The Kier molecular flexibility index (Phi) is 9.71. The second kappa shape index (κ2) is 13.4. The van der Waals surface area contributed by atoms with E-state index < -0.39 is 0 Å². The number of hydrogen-bond acceptors (Lipinski definition) is 7. The number of rotatable bonds is 12. The monoisotopic (exact) mass is 525 g/mol. The van der Waals surface area contributed by atoms with E-state index >= 15 is 0 Å². The highest BCUT2D eigenvalue weighted by Crippen LogP contribution is 2.34. The Morgan fingerprint density at radius 3 is 1.69 bits per heavy atom. The summed E-state index contributed by atoms with van der Waals surface area (Å²) in [5.41, 5.74) is 8.33. The smallest absolute Gasteiger partial charge is 0.231 e. The van der Waals surface area contributed by atoms with Gasteiger partial charge in [-0.1, -0.05) is 48.6 Å². The van der Waals surface area contributed by atoms with E-state index in [4.69, 9.17) is 0 Å². The molecule has 1 aromatic heterocycles. The van der Waals surface area contributed by atoms with Crippen molar-refractivity contribution in [2.24, 2.45) is 0 Å². The van der Waals surface area contributed by atoms with Crippen molar-refractivity contribution < 1.29 is 0 Å². The summed E-state index contributed by atoms with van der Waals surface area (Å²) in [4.78, 5) is 16.1. The van der Waals surface area contributed by atoms with Gasteiger partial charge in [-0.3, -0.25) is 0 Å². The largest absolute Gasteiger partial charge is 0.351 e. The van der Waals surface area contributed by atoms with Crippen LogP contribution < -0.4 is 20.9 Å². The number of piperidine rings is 1. The quantitative estimate of drug-likeness (QED) is 0.262. The van der Waals surface area contributed by atoms with Gasteiger partial charge in [-0.05, 0) is 73.9 Å². The molecule has 1 saturated heterocycles. The summed E-state index contributed by atoms with van der Waals surface area (Å²) >= 11 is 0. The predicted molar refractivity (Wildman–Crippen MR) is 164 cm³/mol. The first-order chi connectivity index (χ1) is 18.9. The molecule has 0 atom stereocenters. The van der Waals surface area contributed by atoms with E-state index in [-0.39, 0.29) is 0 Å². The second-order valence-corrected chi connectivity index (χ2v) is 10.5. The first kappa shape index (κ1) is 28.3. The summed E-state index contributed by atoms with van der Waals surface area (Å²) in [6, 6.07) is 13.7. The third-order valence-electron chi connectivity index (χ3n) is 7.60. The fourth-order valence-electron chi connectivity index (χ4n) is 5.66. The third-order valence-corrected chi connectivity index (χ3v) is 7.60. The molecule has 39 heavy (non-hydrogen) atoms. The highest BCUT2D eigenvalue weighted by atomic mass is 15.3. The van der Waals surface area contributed by atoms with Gasteiger partial charge in [0.1, 0.15) is 0 Å². The summed E-state index contributed by atoms with van der Waals surface area (Å²) in [6.45, 7) is 20.4. The standard InChI is InChI=1S/C32H43N7/c1-7-17-33-30-36-31(34-18-8-2)38-32(37-30)39-19-15-26(16-20-39)35-21-27(28-22(3)11-9-12-23(28)4)29-24(5)13-10-14-25(29)6/h7-14,26-27,35H,1-2,15-21H2,3-6H3,(H2,33,34,36,37,38). The summed E-state index contributed by atoms with van der Waals surface area (Å²) < 4.78 is 0. The highest BCUT2D eigenvalue weighted by molar-refractivity contribution is 5.48. The molecule has 0 unspecified atom stereocenters. The van der Waals surface area contributed by atoms with Gasteiger partial charge in [-0.15, -0.1) is 13.2 Å². The first-order valence-corrected chi connectivity index (χ1v) is 14.0. The Morgan fingerprint density at radius 2 is 1.26 bits per heavy atom. The summed E-state index contributed by atoms with van der Waals surface area (Å²) in [7, 11) is 0. The molecule has 0 aliphatic carbocycles. The molecule has 2 aromatic carbocycles. The Bertz CT molecular complexity index is 1160. The number of aromatic nitrogens is 3. The van der Waals surface area contributed by atoms with Gasteiger partial charge in [-0.25, -0.2) is 0 Å². The average molecular weight is 526 g/mol. The molecule has 206 valence electrons. The maximum atomic E-state index is 4.68. The lowest BCUT2D eigenvalue weighted by Crippen LogP contribution is -2.44. The number of hydrogen-bond donors (Lipinski definition) is 3. The van der Waals surface area contributed by atoms with Crippen LogP contribution in [0.15, 0.2) is 61.7 Å². The van der Waals surface area contributed by atoms with Gasteiger partial charge >= 0.3 is 0 Å². The van der Waals surface area contributed by atoms with Crippen molar-refractivity contribution in [3.63, 3.8) is 0 Å². The van der Waals surface area contributed by atoms with Gasteiger partial charge in [0, 0.05) is 44.7 Å². The van der Waals surface area contributed by atoms with Crippen molar-refractivity contribution in [3.05, 3.63) is 95.1 Å². The van der Waals surface area contributed by atoms with E-state index in [9.17, 15) is 0 Å². The molecule has 2 heterocycles. The molecule has 3 N–H and O–H groups in total. The van der Waals surface area contributed by atoms with E-state index in [0.717, 1.165) is 32.5 Å². The molecule has 1 fully saturated rings. The van der Waals surface area contributed by atoms with Crippen LogP contribution in [-0.4, -0.2) is 53.7 Å². The number of aryl methyl sites for hydroxylation is 4. The fraction of sp³-hybridized carbons (Fsp3) is 0.406. The highest BCUT2D eigenvalue weighted by Gasteiger charge is 2.26. The fourth-order valence-corrected chi connectivity index (χ4v) is 5.66. The number of anilines is 3. The van der Waals surface area contributed by atoms with Gasteiger partial charge in [0.15, 0.2) is 0 Å². The molecule has 0 amide bonds. The van der Waals surface area contributed by atoms with Crippen LogP contribution in [0.3, 0.4) is 0 Å². The Labute approximate surface area is 233 Å². The molecule has 1 aliphatic rings. The topological polar surface area (TPSA) is 78.0 Å². The van der Waals surface area contributed by atoms with Crippen LogP contribution in [0.25, 0.3) is 0 Å². The molecule has 7 heteroatoms. The van der Waals surface area contributed by atoms with Gasteiger partial charge in [0.2, 0.25) is 17.8 Å². The van der Waals surface area contributed by atoms with Crippen LogP contribution in [0, 0.1) is 27.7 Å². The van der Waals surface area contributed by atoms with E-state index in [1.54, 1.807) is 12.2 Å². The molecule has 0 bridgehead atoms. The van der Waals surface area contributed by atoms with Crippen LogP contribution in [0.1, 0.15) is 52.1 Å². The molecule has 4 rings (SSSR count). The van der Waals surface area contributed by atoms with E-state index in [0.29, 0.717) is 42.9 Å². The molecular weight excluding hydrogens is 482 g/mol. The molecule has 3 aromatic rings. The minimum absolute atomic E-state index is 0.311. The molecule has 7 nitrogen and oxygen atoms in total. The van der Waals surface area contributed by atoms with Crippen LogP contribution in [-0.2, 0) is 0 Å². The Balaban J connectivity index is 1.47. The first-order valence-electron chi connectivity index (χ1n) is 14.0. The van der Waals surface area contributed by atoms with Crippen molar-refractivity contribution in [1.82, 2.24) is 20.3 Å². The molecule has 0 saturated carbocycles. The summed E-state index contributed by atoms with van der Waals surface area (Å²) in [5, 5.41) is 10.3. The minimum atomic E-state index is 0.311. The Hall–Kier alpha value is -3.71. The minimum Gasteiger partial charge on any atom is -0.351 e. The van der Waals surface area contributed by atoms with Crippen molar-refractivity contribution >= 4 is 17.8 Å². The lowest BCUT2D eigenvalue weighted by atomic mass is 9.81. The lowest BCUT2D eigenvalue weighted by molar-refractivity contribution is 0.406. The van der Waals surface area contributed by atoms with Gasteiger partial charge in [-0.2, -0.15) is 15.0 Å². The molecular formula is C32H43N7. The van der Waals surface area contributed by atoms with Gasteiger partial charge in [0.05, 0.1) is 0 Å². The maximum absolute atomic E-state index is 4.68. The zero-order chi connectivity index (χ0) is 27.8. The maximum Gasteiger partial charge on any atom is 0.231 e. The number of nitrogens with zero attached hydrogens (tertiary/aromatic N) is 4. The average Bonchev–Trinajstić information content (AvgIpc) is 2.93. The van der Waals surface area contributed by atoms with Gasteiger partial charge in [0.25, 0.3) is 0 Å². The van der Waals surface area contributed by atoms with Crippen molar-refractivity contribution in [1.29, 1.82) is 0 Å². The zero-order valence-electron chi connectivity index (χ0n) is 23.9. The van der Waals surface area contributed by atoms with Crippen LogP contribution in [0.2, 0.25) is 0 Å². The number of nitrogens with one attached hydrogen (secondary N) is 3. The van der Waals surface area contributed by atoms with Crippen LogP contribution in [0.4, 0.5) is 17.8 Å². The third kappa shape index (κ3) is 7.03. The van der Waals surface area contributed by atoms with E-state index in [2.05, 4.69) is 113 Å². The SMILES string of the molecule is C=CCNc1nc(NCC=C)nc(N2CCC(NCC(c3c(C)cccc3C)c3c(C)cccc3C)CC2)n1. The summed E-state index contributed by atoms with van der Waals surface area (Å²) in [6.07, 6.45) is 5.65. The van der Waals surface area contributed by atoms with Crippen LogP contribution in [0.5, 0.6) is 0 Å². The van der Waals surface area contributed by atoms with Crippen molar-refractivity contribution in [3.8, 4) is 0 Å². The summed E-state index contributed by atoms with van der Waals surface area (Å²) in [5.74, 6) is 2.12. The lowest BCUT2D eigenvalue weighted by Gasteiger charge is -2.34. The van der Waals surface area contributed by atoms with Crippen LogP contribution >= 0.6 is 0 Å². The normalized spacial score (nSPS) is 13.9. The second-order valence-electron chi connectivity index (χ2n) is 10.5. The Morgan fingerprint density at radius 1 is 0.795 bits per heavy atom.